The van der Waals surface area contributed by atoms with Crippen molar-refractivity contribution < 1.29 is 18.5 Å². The van der Waals surface area contributed by atoms with Gasteiger partial charge in [-0.3, -0.25) is 9.59 Å². The molecule has 0 N–H and O–H groups in total. The molecule has 1 aliphatic rings. The fourth-order valence-corrected chi connectivity index (χ4v) is 3.55. The highest BCUT2D eigenvalue weighted by Crippen LogP contribution is 2.16. The lowest BCUT2D eigenvalue weighted by molar-refractivity contribution is -0.131. The molecule has 30 heavy (non-hydrogen) atoms. The number of rotatable bonds is 4. The van der Waals surface area contributed by atoms with Crippen molar-refractivity contribution in [3.05, 3.63) is 65.1 Å². The van der Waals surface area contributed by atoms with Gasteiger partial charge in [-0.05, 0) is 32.0 Å². The number of carbonyl (C=O) groups excluding carboxylic acids is 2. The number of aryl methyl sites for hydroxylation is 2. The van der Waals surface area contributed by atoms with Gasteiger partial charge in [0.1, 0.15) is 17.3 Å². The molecule has 1 saturated heterocycles. The van der Waals surface area contributed by atoms with Gasteiger partial charge >= 0.3 is 0 Å². The van der Waals surface area contributed by atoms with Crippen LogP contribution in [0.4, 0.5) is 4.39 Å². The molecule has 0 spiro atoms. The van der Waals surface area contributed by atoms with Gasteiger partial charge in [-0.2, -0.15) is 5.10 Å². The first-order valence-electron chi connectivity index (χ1n) is 9.73. The van der Waals surface area contributed by atoms with Crippen LogP contribution in [0.1, 0.15) is 27.5 Å². The van der Waals surface area contributed by atoms with Gasteiger partial charge in [-0.1, -0.05) is 17.3 Å². The third kappa shape index (κ3) is 3.83. The molecular formula is C21H22FN5O3. The van der Waals surface area contributed by atoms with Crippen molar-refractivity contribution in [2.24, 2.45) is 0 Å². The summed E-state index contributed by atoms with van der Waals surface area (Å²) in [6.45, 7) is 5.33. The molecule has 156 valence electrons. The Hall–Kier alpha value is -3.49. The number of hydrogen-bond donors (Lipinski definition) is 0. The van der Waals surface area contributed by atoms with Crippen LogP contribution in [-0.4, -0.2) is 62.7 Å². The number of nitrogens with zero attached hydrogens (tertiary/aromatic N) is 5. The van der Waals surface area contributed by atoms with Gasteiger partial charge in [0.25, 0.3) is 5.91 Å². The first-order valence-corrected chi connectivity index (χ1v) is 9.73. The zero-order valence-corrected chi connectivity index (χ0v) is 16.8. The Kier molecular flexibility index (Phi) is 5.35. The van der Waals surface area contributed by atoms with Crippen LogP contribution in [0, 0.1) is 19.7 Å². The second-order valence-electron chi connectivity index (χ2n) is 7.25. The zero-order valence-electron chi connectivity index (χ0n) is 16.8. The summed E-state index contributed by atoms with van der Waals surface area (Å²) < 4.78 is 20.4. The maximum absolute atomic E-state index is 13.9. The lowest BCUT2D eigenvalue weighted by atomic mass is 10.1. The SMILES string of the molecule is Cc1noc(C)c1CC(=O)N1CCN(C(=O)c2ccn(-c3ccccc3F)n2)CC1. The van der Waals surface area contributed by atoms with Crippen molar-refractivity contribution in [1.29, 1.82) is 0 Å². The summed E-state index contributed by atoms with van der Waals surface area (Å²) >= 11 is 0. The highest BCUT2D eigenvalue weighted by molar-refractivity contribution is 5.92. The average Bonchev–Trinajstić information content (AvgIpc) is 3.36. The van der Waals surface area contributed by atoms with Gasteiger partial charge < -0.3 is 14.3 Å². The molecule has 0 atom stereocenters. The number of carbonyl (C=O) groups is 2. The number of hydrogen-bond acceptors (Lipinski definition) is 5. The van der Waals surface area contributed by atoms with Crippen molar-refractivity contribution in [3.63, 3.8) is 0 Å². The topological polar surface area (TPSA) is 84.5 Å². The third-order valence-electron chi connectivity index (χ3n) is 5.34. The fraction of sp³-hybridized carbons (Fsp3) is 0.333. The van der Waals surface area contributed by atoms with E-state index in [-0.39, 0.29) is 29.6 Å². The normalized spacial score (nSPS) is 14.2. The van der Waals surface area contributed by atoms with E-state index in [1.165, 1.54) is 10.7 Å². The monoisotopic (exact) mass is 411 g/mol. The lowest BCUT2D eigenvalue weighted by Crippen LogP contribution is -2.51. The molecule has 0 saturated carbocycles. The molecule has 3 heterocycles. The van der Waals surface area contributed by atoms with Crippen LogP contribution < -0.4 is 0 Å². The summed E-state index contributed by atoms with van der Waals surface area (Å²) in [4.78, 5) is 28.8. The number of aromatic nitrogens is 3. The van der Waals surface area contributed by atoms with E-state index < -0.39 is 5.82 Å². The summed E-state index contributed by atoms with van der Waals surface area (Å²) in [5, 5.41) is 8.11. The second kappa shape index (κ2) is 8.10. The first kappa shape index (κ1) is 19.8. The average molecular weight is 411 g/mol. The van der Waals surface area contributed by atoms with Crippen LogP contribution in [0.25, 0.3) is 5.69 Å². The van der Waals surface area contributed by atoms with Gasteiger partial charge in [-0.15, -0.1) is 0 Å². The van der Waals surface area contributed by atoms with Crippen molar-refractivity contribution >= 4 is 11.8 Å². The molecule has 2 aromatic heterocycles. The Morgan fingerprint density at radius 1 is 1.07 bits per heavy atom. The highest BCUT2D eigenvalue weighted by Gasteiger charge is 2.27. The summed E-state index contributed by atoms with van der Waals surface area (Å²) in [5.41, 5.74) is 2.07. The Labute approximate surface area is 172 Å². The maximum Gasteiger partial charge on any atom is 0.274 e. The Bertz CT molecular complexity index is 1060. The summed E-state index contributed by atoms with van der Waals surface area (Å²) in [7, 11) is 0. The second-order valence-corrected chi connectivity index (χ2v) is 7.25. The predicted molar refractivity (Wildman–Crippen MR) is 106 cm³/mol. The molecule has 1 aromatic carbocycles. The van der Waals surface area contributed by atoms with Crippen molar-refractivity contribution in [1.82, 2.24) is 24.7 Å². The Morgan fingerprint density at radius 2 is 1.77 bits per heavy atom. The fourth-order valence-electron chi connectivity index (χ4n) is 3.55. The molecule has 2 amide bonds. The number of benzene rings is 1. The van der Waals surface area contributed by atoms with E-state index in [9.17, 15) is 14.0 Å². The molecule has 0 aliphatic carbocycles. The van der Waals surface area contributed by atoms with Crippen molar-refractivity contribution in [3.8, 4) is 5.69 Å². The van der Waals surface area contributed by atoms with Crippen LogP contribution >= 0.6 is 0 Å². The van der Waals surface area contributed by atoms with Crippen molar-refractivity contribution in [2.75, 3.05) is 26.2 Å². The molecule has 8 nitrogen and oxygen atoms in total. The summed E-state index contributed by atoms with van der Waals surface area (Å²) in [5.74, 6) is -0.00614. The molecule has 4 rings (SSSR count). The molecule has 1 aliphatic heterocycles. The molecule has 9 heteroatoms. The van der Waals surface area contributed by atoms with Crippen LogP contribution in [0.2, 0.25) is 0 Å². The van der Waals surface area contributed by atoms with Crippen LogP contribution in [-0.2, 0) is 11.2 Å². The minimum Gasteiger partial charge on any atom is -0.361 e. The molecule has 3 aromatic rings. The van der Waals surface area contributed by atoms with E-state index in [1.807, 2.05) is 6.92 Å². The van der Waals surface area contributed by atoms with E-state index in [0.29, 0.717) is 31.9 Å². The quantitative estimate of drug-likeness (QED) is 0.657. The smallest absolute Gasteiger partial charge is 0.274 e. The highest BCUT2D eigenvalue weighted by atomic mass is 19.1. The maximum atomic E-state index is 13.9. The third-order valence-corrected chi connectivity index (χ3v) is 5.34. The largest absolute Gasteiger partial charge is 0.361 e. The summed E-state index contributed by atoms with van der Waals surface area (Å²) in [6, 6.07) is 7.82. The van der Waals surface area contributed by atoms with Crippen molar-refractivity contribution in [2.45, 2.75) is 20.3 Å². The molecule has 0 radical (unpaired) electrons. The Balaban J connectivity index is 1.37. The number of piperazine rings is 1. The molecule has 0 unspecified atom stereocenters. The van der Waals surface area contributed by atoms with E-state index in [0.717, 1.165) is 11.3 Å². The number of para-hydroxylation sites is 1. The predicted octanol–water partition coefficient (Wildman–Crippen LogP) is 2.14. The Morgan fingerprint density at radius 3 is 2.43 bits per heavy atom. The standard InChI is InChI=1S/C21H22FN5O3/c1-14-16(15(2)30-24-14)13-20(28)25-9-11-26(12-10-25)21(29)18-7-8-27(23-18)19-6-4-3-5-17(19)22/h3-8H,9-13H2,1-2H3. The zero-order chi connectivity index (χ0) is 21.3. The van der Waals surface area contributed by atoms with Gasteiger partial charge in [0.2, 0.25) is 5.91 Å². The van der Waals surface area contributed by atoms with Gasteiger partial charge in [0, 0.05) is 37.9 Å². The molecular weight excluding hydrogens is 389 g/mol. The molecule has 1 fully saturated rings. The van der Waals surface area contributed by atoms with E-state index in [1.54, 1.807) is 47.2 Å². The lowest BCUT2D eigenvalue weighted by Gasteiger charge is -2.34. The van der Waals surface area contributed by atoms with Crippen LogP contribution in [0.3, 0.4) is 0 Å². The minimum atomic E-state index is -0.412. The van der Waals surface area contributed by atoms with Gasteiger partial charge in [0.15, 0.2) is 5.69 Å². The number of halogens is 1. The van der Waals surface area contributed by atoms with Gasteiger partial charge in [0.05, 0.1) is 12.1 Å². The van der Waals surface area contributed by atoms with E-state index in [2.05, 4.69) is 10.3 Å². The van der Waals surface area contributed by atoms with Crippen LogP contribution in [0.15, 0.2) is 41.1 Å². The van der Waals surface area contributed by atoms with E-state index in [4.69, 9.17) is 4.52 Å². The van der Waals surface area contributed by atoms with Gasteiger partial charge in [-0.25, -0.2) is 9.07 Å². The van der Waals surface area contributed by atoms with E-state index >= 15 is 0 Å². The number of amides is 2. The van der Waals surface area contributed by atoms with Crippen LogP contribution in [0.5, 0.6) is 0 Å². The minimum absolute atomic E-state index is 0.0136. The molecule has 0 bridgehead atoms. The summed E-state index contributed by atoms with van der Waals surface area (Å²) in [6.07, 6.45) is 1.80. The first-order chi connectivity index (χ1) is 14.4.